The van der Waals surface area contributed by atoms with Crippen LogP contribution in [-0.4, -0.2) is 25.5 Å². The number of nitrogens with zero attached hydrogens (tertiary/aromatic N) is 4. The molecule has 0 radical (unpaired) electrons. The van der Waals surface area contributed by atoms with E-state index in [0.717, 1.165) is 35.3 Å². The summed E-state index contributed by atoms with van der Waals surface area (Å²) in [6.07, 6.45) is 3.69. The van der Waals surface area contributed by atoms with Gasteiger partial charge in [0.1, 0.15) is 10.9 Å². The maximum atomic E-state index is 13.6. The minimum absolute atomic E-state index is 0.287. The molecule has 0 amide bonds. The molecule has 3 aromatic rings. The van der Waals surface area contributed by atoms with Crippen molar-refractivity contribution < 1.29 is 8.78 Å². The molecule has 1 aromatic carbocycles. The fourth-order valence-corrected chi connectivity index (χ4v) is 3.30. The monoisotopic (exact) mass is 332 g/mol. The van der Waals surface area contributed by atoms with Crippen LogP contribution in [0.4, 0.5) is 8.78 Å². The van der Waals surface area contributed by atoms with Gasteiger partial charge in [-0.3, -0.25) is 0 Å². The molecule has 7 heteroatoms. The Bertz CT molecular complexity index is 889. The van der Waals surface area contributed by atoms with Crippen LogP contribution in [0.1, 0.15) is 25.8 Å². The molecular weight excluding hydrogens is 318 g/mol. The topological polar surface area (TPSA) is 43.6 Å². The Labute approximate surface area is 135 Å². The molecule has 0 N–H and O–H groups in total. The van der Waals surface area contributed by atoms with Gasteiger partial charge in [-0.15, -0.1) is 16.9 Å². The summed E-state index contributed by atoms with van der Waals surface area (Å²) in [5.74, 6) is -0.131. The normalized spacial score (nSPS) is 14.6. The Morgan fingerprint density at radius 1 is 1.22 bits per heavy atom. The molecule has 118 valence electrons. The highest BCUT2D eigenvalue weighted by Gasteiger charge is 2.29. The minimum atomic E-state index is -0.875. The number of hydrogen-bond donors (Lipinski definition) is 0. The lowest BCUT2D eigenvalue weighted by molar-refractivity contribution is 0.510. The van der Waals surface area contributed by atoms with Crippen molar-refractivity contribution in [1.82, 2.24) is 19.7 Å². The Balaban J connectivity index is 1.92. The third kappa shape index (κ3) is 2.59. The highest BCUT2D eigenvalue weighted by Crippen LogP contribution is 2.41. The number of fused-ring (bicyclic) bond motifs is 1. The number of imidazole rings is 1. The number of thioether (sulfide) groups is 1. The van der Waals surface area contributed by atoms with Crippen molar-refractivity contribution in [3.8, 4) is 11.4 Å². The zero-order valence-electron chi connectivity index (χ0n) is 12.5. The smallest absolute Gasteiger partial charge is 0.161 e. The Kier molecular flexibility index (Phi) is 3.52. The van der Waals surface area contributed by atoms with Crippen molar-refractivity contribution in [2.24, 2.45) is 0 Å². The van der Waals surface area contributed by atoms with Gasteiger partial charge in [-0.1, -0.05) is 6.92 Å². The number of rotatable bonds is 4. The third-order valence-electron chi connectivity index (χ3n) is 3.83. The molecule has 2 heterocycles. The van der Waals surface area contributed by atoms with Crippen molar-refractivity contribution in [2.75, 3.05) is 5.75 Å². The van der Waals surface area contributed by atoms with E-state index in [-0.39, 0.29) is 6.04 Å². The van der Waals surface area contributed by atoms with Crippen LogP contribution in [0.25, 0.3) is 22.4 Å². The van der Waals surface area contributed by atoms with Gasteiger partial charge < -0.3 is 4.57 Å². The van der Waals surface area contributed by atoms with Crippen LogP contribution in [0, 0.1) is 11.6 Å². The van der Waals surface area contributed by atoms with Crippen molar-refractivity contribution in [3.63, 3.8) is 0 Å². The van der Waals surface area contributed by atoms with E-state index in [9.17, 15) is 8.78 Å². The second-order valence-corrected chi connectivity index (χ2v) is 6.79. The Morgan fingerprint density at radius 2 is 2.00 bits per heavy atom. The van der Waals surface area contributed by atoms with Crippen molar-refractivity contribution in [3.05, 3.63) is 36.0 Å². The highest BCUT2D eigenvalue weighted by molar-refractivity contribution is 7.99. The van der Waals surface area contributed by atoms with Crippen molar-refractivity contribution in [1.29, 1.82) is 0 Å². The molecule has 1 aliphatic carbocycles. The summed E-state index contributed by atoms with van der Waals surface area (Å²) in [6.45, 7) is 2.05. The van der Waals surface area contributed by atoms with Gasteiger partial charge in [-0.2, -0.15) is 5.10 Å². The third-order valence-corrected chi connectivity index (χ3v) is 4.61. The molecule has 2 aromatic heterocycles. The molecule has 4 rings (SSSR count). The summed E-state index contributed by atoms with van der Waals surface area (Å²) >= 11 is 1.60. The number of hydrogen-bond acceptors (Lipinski definition) is 4. The maximum Gasteiger partial charge on any atom is 0.161 e. The van der Waals surface area contributed by atoms with E-state index in [1.54, 1.807) is 18.0 Å². The summed E-state index contributed by atoms with van der Waals surface area (Å²) in [4.78, 5) is 4.53. The first-order valence-corrected chi connectivity index (χ1v) is 8.49. The summed E-state index contributed by atoms with van der Waals surface area (Å²) in [5.41, 5.74) is 1.91. The van der Waals surface area contributed by atoms with Crippen LogP contribution in [0.2, 0.25) is 0 Å². The Hall–Kier alpha value is -2.02. The van der Waals surface area contributed by atoms with Gasteiger partial charge in [0.05, 0.1) is 17.2 Å². The summed E-state index contributed by atoms with van der Waals surface area (Å²) in [6, 6.07) is 4.60. The van der Waals surface area contributed by atoms with Crippen LogP contribution in [-0.2, 0) is 0 Å². The molecule has 1 fully saturated rings. The zero-order valence-corrected chi connectivity index (χ0v) is 13.3. The maximum absolute atomic E-state index is 13.6. The second kappa shape index (κ2) is 5.56. The zero-order chi connectivity index (χ0) is 16.0. The molecule has 4 nitrogen and oxygen atoms in total. The first-order chi connectivity index (χ1) is 11.2. The summed E-state index contributed by atoms with van der Waals surface area (Å²) < 4.78 is 29.2. The minimum Gasteiger partial charge on any atom is -0.321 e. The van der Waals surface area contributed by atoms with Gasteiger partial charge in [-0.25, -0.2) is 13.8 Å². The van der Waals surface area contributed by atoms with Gasteiger partial charge in [0.2, 0.25) is 0 Å². The van der Waals surface area contributed by atoms with E-state index in [2.05, 4.69) is 15.2 Å². The number of benzene rings is 1. The largest absolute Gasteiger partial charge is 0.321 e. The molecule has 1 aliphatic rings. The van der Waals surface area contributed by atoms with Gasteiger partial charge in [0.15, 0.2) is 11.6 Å². The van der Waals surface area contributed by atoms with Gasteiger partial charge in [-0.05, 0) is 24.7 Å². The van der Waals surface area contributed by atoms with E-state index in [1.165, 1.54) is 6.07 Å². The molecule has 0 spiro atoms. The quantitative estimate of drug-likeness (QED) is 0.671. The summed E-state index contributed by atoms with van der Waals surface area (Å²) in [7, 11) is 0. The van der Waals surface area contributed by atoms with Gasteiger partial charge in [0, 0.05) is 23.7 Å². The average molecular weight is 332 g/mol. The molecule has 0 atom stereocenters. The van der Waals surface area contributed by atoms with Crippen molar-refractivity contribution in [2.45, 2.75) is 30.8 Å². The van der Waals surface area contributed by atoms with E-state index in [4.69, 9.17) is 0 Å². The molecule has 23 heavy (non-hydrogen) atoms. The van der Waals surface area contributed by atoms with Crippen LogP contribution >= 0.6 is 11.8 Å². The van der Waals surface area contributed by atoms with Crippen LogP contribution in [0.5, 0.6) is 0 Å². The molecule has 0 saturated heterocycles. The fraction of sp³-hybridized carbons (Fsp3) is 0.312. The van der Waals surface area contributed by atoms with E-state index in [1.807, 2.05) is 17.6 Å². The molecular formula is C16H14F2N4S. The summed E-state index contributed by atoms with van der Waals surface area (Å²) in [5, 5.41) is 8.93. The molecule has 0 bridgehead atoms. The lowest BCUT2D eigenvalue weighted by Crippen LogP contribution is -1.99. The van der Waals surface area contributed by atoms with Gasteiger partial charge in [0.25, 0.3) is 0 Å². The van der Waals surface area contributed by atoms with E-state index in [0.29, 0.717) is 16.9 Å². The highest BCUT2D eigenvalue weighted by atomic mass is 32.2. The predicted octanol–water partition coefficient (Wildman–Crippen LogP) is 4.22. The predicted molar refractivity (Wildman–Crippen MR) is 85.3 cm³/mol. The Morgan fingerprint density at radius 3 is 2.74 bits per heavy atom. The number of aromatic nitrogens is 4. The molecule has 1 saturated carbocycles. The first kappa shape index (κ1) is 14.6. The molecule has 0 aliphatic heterocycles. The van der Waals surface area contributed by atoms with Crippen LogP contribution < -0.4 is 0 Å². The first-order valence-electron chi connectivity index (χ1n) is 7.50. The van der Waals surface area contributed by atoms with E-state index < -0.39 is 11.6 Å². The van der Waals surface area contributed by atoms with Gasteiger partial charge >= 0.3 is 0 Å². The number of halogens is 2. The fourth-order valence-electron chi connectivity index (χ4n) is 2.68. The van der Waals surface area contributed by atoms with E-state index >= 15 is 0 Å². The van der Waals surface area contributed by atoms with Crippen LogP contribution in [0.15, 0.2) is 29.4 Å². The average Bonchev–Trinajstić information content (AvgIpc) is 3.31. The lowest BCUT2D eigenvalue weighted by atomic mass is 10.3. The lowest BCUT2D eigenvalue weighted by Gasteiger charge is -2.08. The molecule has 0 unspecified atom stereocenters. The van der Waals surface area contributed by atoms with Crippen LogP contribution in [0.3, 0.4) is 0 Å². The SMILES string of the molecule is CCSc1cc(-c2nc3cc(F)c(F)cc3n2C2CC2)cnn1. The second-order valence-electron chi connectivity index (χ2n) is 5.51. The van der Waals surface area contributed by atoms with Crippen molar-refractivity contribution >= 4 is 22.8 Å². The standard InChI is InChI=1S/C16H14F2N4S/c1-2-23-15-5-9(8-19-21-15)16-20-13-6-11(17)12(18)7-14(13)22(16)10-3-4-10/h5-8,10H,2-4H2,1H3.